The molecule has 0 atom stereocenters. The van der Waals surface area contributed by atoms with Crippen LogP contribution in [-0.2, 0) is 0 Å². The van der Waals surface area contributed by atoms with Crippen LogP contribution in [-0.4, -0.2) is 17.9 Å². The van der Waals surface area contributed by atoms with Crippen molar-refractivity contribution in [3.05, 3.63) is 58.3 Å². The van der Waals surface area contributed by atoms with Crippen LogP contribution in [0.4, 0.5) is 5.69 Å². The second-order valence-corrected chi connectivity index (χ2v) is 4.79. The number of hydrogen-bond donors (Lipinski definition) is 0. The first-order chi connectivity index (χ1) is 9.13. The molecule has 0 N–H and O–H groups in total. The van der Waals surface area contributed by atoms with Crippen LogP contribution in [0.2, 0.25) is 0 Å². The molecule has 0 aliphatic carbocycles. The largest absolute Gasteiger partial charge is 0.311 e. The fraction of sp³-hybridized carbons (Fsp3) is 0.0714. The number of benzene rings is 1. The minimum atomic E-state index is -0.257. The summed E-state index contributed by atoms with van der Waals surface area (Å²) in [6.45, 7) is 0. The molecule has 0 radical (unpaired) electrons. The summed E-state index contributed by atoms with van der Waals surface area (Å²) in [7, 11) is 1.67. The standard InChI is InChI=1S/C14H10BrN3O/c1-18(12-4-2-11(15)3-5-12)14(19)13-9-17-7-6-10(13)8-16/h2-7,9H,1H3. The normalized spacial score (nSPS) is 9.74. The summed E-state index contributed by atoms with van der Waals surface area (Å²) < 4.78 is 0.941. The van der Waals surface area contributed by atoms with Crippen molar-refractivity contribution >= 4 is 27.5 Å². The number of carbonyl (C=O) groups is 1. The van der Waals surface area contributed by atoms with Crippen LogP contribution in [0, 0.1) is 11.3 Å². The van der Waals surface area contributed by atoms with E-state index in [4.69, 9.17) is 5.26 Å². The van der Waals surface area contributed by atoms with Crippen LogP contribution in [0.3, 0.4) is 0 Å². The molecule has 1 heterocycles. The maximum absolute atomic E-state index is 12.3. The van der Waals surface area contributed by atoms with E-state index in [1.54, 1.807) is 7.05 Å². The zero-order chi connectivity index (χ0) is 13.8. The number of amides is 1. The fourth-order valence-electron chi connectivity index (χ4n) is 1.63. The van der Waals surface area contributed by atoms with Crippen LogP contribution in [0.1, 0.15) is 15.9 Å². The SMILES string of the molecule is CN(C(=O)c1cnccc1C#N)c1ccc(Br)cc1. The van der Waals surface area contributed by atoms with Gasteiger partial charge in [0.25, 0.3) is 5.91 Å². The molecule has 1 aromatic carbocycles. The van der Waals surface area contributed by atoms with Gasteiger partial charge >= 0.3 is 0 Å². The van der Waals surface area contributed by atoms with Gasteiger partial charge in [-0.05, 0) is 30.3 Å². The Labute approximate surface area is 119 Å². The molecule has 0 aliphatic heterocycles. The number of pyridine rings is 1. The second-order valence-electron chi connectivity index (χ2n) is 3.87. The Kier molecular flexibility index (Phi) is 3.93. The smallest absolute Gasteiger partial charge is 0.260 e. The van der Waals surface area contributed by atoms with Gasteiger partial charge in [0.05, 0.1) is 11.1 Å². The van der Waals surface area contributed by atoms with Gasteiger partial charge in [0.1, 0.15) is 6.07 Å². The molecule has 2 rings (SSSR count). The van der Waals surface area contributed by atoms with Crippen molar-refractivity contribution in [3.63, 3.8) is 0 Å². The Balaban J connectivity index is 2.34. The van der Waals surface area contributed by atoms with Crippen LogP contribution in [0.15, 0.2) is 47.2 Å². The highest BCUT2D eigenvalue weighted by atomic mass is 79.9. The van der Waals surface area contributed by atoms with Crippen molar-refractivity contribution in [1.29, 1.82) is 5.26 Å². The molecule has 0 unspecified atom stereocenters. The molecule has 0 aliphatic rings. The van der Waals surface area contributed by atoms with Gasteiger partial charge in [-0.25, -0.2) is 0 Å². The van der Waals surface area contributed by atoms with Crippen molar-refractivity contribution < 1.29 is 4.79 Å². The first kappa shape index (κ1) is 13.2. The van der Waals surface area contributed by atoms with E-state index in [1.807, 2.05) is 30.3 Å². The number of aromatic nitrogens is 1. The lowest BCUT2D eigenvalue weighted by molar-refractivity contribution is 0.0992. The number of rotatable bonds is 2. The number of anilines is 1. The zero-order valence-corrected chi connectivity index (χ0v) is 11.8. The predicted octanol–water partition coefficient (Wildman–Crippen LogP) is 2.99. The molecule has 19 heavy (non-hydrogen) atoms. The fourth-order valence-corrected chi connectivity index (χ4v) is 1.89. The average Bonchev–Trinajstić information content (AvgIpc) is 2.46. The summed E-state index contributed by atoms with van der Waals surface area (Å²) in [6, 6.07) is 10.9. The lowest BCUT2D eigenvalue weighted by atomic mass is 10.1. The van der Waals surface area contributed by atoms with Crippen molar-refractivity contribution in [3.8, 4) is 6.07 Å². The number of hydrogen-bond acceptors (Lipinski definition) is 3. The molecule has 0 saturated carbocycles. The van der Waals surface area contributed by atoms with E-state index in [9.17, 15) is 4.79 Å². The quantitative estimate of drug-likeness (QED) is 0.856. The molecule has 94 valence electrons. The summed E-state index contributed by atoms with van der Waals surface area (Å²) in [5, 5.41) is 9.00. The van der Waals surface area contributed by atoms with E-state index < -0.39 is 0 Å². The van der Waals surface area contributed by atoms with E-state index in [0.29, 0.717) is 11.1 Å². The minimum absolute atomic E-state index is 0.257. The monoisotopic (exact) mass is 315 g/mol. The zero-order valence-electron chi connectivity index (χ0n) is 10.2. The van der Waals surface area contributed by atoms with E-state index in [-0.39, 0.29) is 5.91 Å². The van der Waals surface area contributed by atoms with E-state index in [1.165, 1.54) is 23.4 Å². The van der Waals surface area contributed by atoms with E-state index in [2.05, 4.69) is 20.9 Å². The Hall–Kier alpha value is -2.19. The van der Waals surface area contributed by atoms with Crippen LogP contribution in [0.5, 0.6) is 0 Å². The summed E-state index contributed by atoms with van der Waals surface area (Å²) in [5.74, 6) is -0.257. The van der Waals surface area contributed by atoms with E-state index >= 15 is 0 Å². The third-order valence-corrected chi connectivity index (χ3v) is 3.22. The Morgan fingerprint density at radius 3 is 2.63 bits per heavy atom. The van der Waals surface area contributed by atoms with Gasteiger partial charge in [0, 0.05) is 29.6 Å². The predicted molar refractivity (Wildman–Crippen MR) is 75.8 cm³/mol. The molecule has 4 nitrogen and oxygen atoms in total. The number of nitrogens with zero attached hydrogens (tertiary/aromatic N) is 3. The molecule has 0 fully saturated rings. The third kappa shape index (κ3) is 2.80. The lowest BCUT2D eigenvalue weighted by Gasteiger charge is -2.17. The topological polar surface area (TPSA) is 57.0 Å². The minimum Gasteiger partial charge on any atom is -0.311 e. The Morgan fingerprint density at radius 1 is 1.32 bits per heavy atom. The summed E-state index contributed by atoms with van der Waals surface area (Å²) in [6.07, 6.45) is 2.91. The van der Waals surface area contributed by atoms with Gasteiger partial charge < -0.3 is 4.90 Å². The highest BCUT2D eigenvalue weighted by molar-refractivity contribution is 9.10. The Morgan fingerprint density at radius 2 is 2.00 bits per heavy atom. The third-order valence-electron chi connectivity index (χ3n) is 2.69. The molecular formula is C14H10BrN3O. The summed E-state index contributed by atoms with van der Waals surface area (Å²) in [4.78, 5) is 17.7. The maximum atomic E-state index is 12.3. The average molecular weight is 316 g/mol. The van der Waals surface area contributed by atoms with Gasteiger partial charge in [-0.1, -0.05) is 15.9 Å². The van der Waals surface area contributed by atoms with Gasteiger partial charge in [-0.15, -0.1) is 0 Å². The van der Waals surface area contributed by atoms with Gasteiger partial charge in [0.2, 0.25) is 0 Å². The first-order valence-electron chi connectivity index (χ1n) is 5.51. The molecule has 0 saturated heterocycles. The second kappa shape index (κ2) is 5.63. The Bertz CT molecular complexity index is 646. The lowest BCUT2D eigenvalue weighted by Crippen LogP contribution is -2.27. The van der Waals surface area contributed by atoms with Crippen LogP contribution < -0.4 is 4.90 Å². The van der Waals surface area contributed by atoms with Crippen molar-refractivity contribution in [1.82, 2.24) is 4.98 Å². The molecule has 0 spiro atoms. The molecular weight excluding hydrogens is 306 g/mol. The van der Waals surface area contributed by atoms with Crippen LogP contribution in [0.25, 0.3) is 0 Å². The molecule has 1 aromatic heterocycles. The first-order valence-corrected chi connectivity index (χ1v) is 6.30. The number of halogens is 1. The van der Waals surface area contributed by atoms with Crippen molar-refractivity contribution in [2.75, 3.05) is 11.9 Å². The molecule has 5 heteroatoms. The van der Waals surface area contributed by atoms with Gasteiger partial charge in [-0.2, -0.15) is 5.26 Å². The summed E-state index contributed by atoms with van der Waals surface area (Å²) in [5.41, 5.74) is 1.38. The van der Waals surface area contributed by atoms with Crippen LogP contribution >= 0.6 is 15.9 Å². The highest BCUT2D eigenvalue weighted by Crippen LogP contribution is 2.19. The summed E-state index contributed by atoms with van der Waals surface area (Å²) >= 11 is 3.34. The molecule has 2 aromatic rings. The van der Waals surface area contributed by atoms with E-state index in [0.717, 1.165) is 10.2 Å². The molecule has 1 amide bonds. The van der Waals surface area contributed by atoms with Gasteiger partial charge in [-0.3, -0.25) is 9.78 Å². The van der Waals surface area contributed by atoms with Crippen molar-refractivity contribution in [2.24, 2.45) is 0 Å². The number of carbonyl (C=O) groups excluding carboxylic acids is 1. The number of nitriles is 1. The highest BCUT2D eigenvalue weighted by Gasteiger charge is 2.17. The van der Waals surface area contributed by atoms with Crippen molar-refractivity contribution in [2.45, 2.75) is 0 Å². The maximum Gasteiger partial charge on any atom is 0.260 e. The van der Waals surface area contributed by atoms with Gasteiger partial charge in [0.15, 0.2) is 0 Å². The molecule has 0 bridgehead atoms.